The molecule has 0 saturated carbocycles. The zero-order chi connectivity index (χ0) is 49.2. The number of carbonyl (C=O) groups excluding carboxylic acids is 4. The lowest BCUT2D eigenvalue weighted by Gasteiger charge is -2.26. The quantitative estimate of drug-likeness (QED) is 0.0467. The van der Waals surface area contributed by atoms with Gasteiger partial charge in [-0.05, 0) is 70.8 Å². The molecule has 0 fully saturated rings. The van der Waals surface area contributed by atoms with Crippen molar-refractivity contribution in [3.05, 3.63) is 197 Å². The largest absolute Gasteiger partial charge is 0.459 e. The van der Waals surface area contributed by atoms with E-state index in [9.17, 15) is 48.2 Å². The Labute approximate surface area is 405 Å². The lowest BCUT2D eigenvalue weighted by atomic mass is 9.79. The number of esters is 2. The van der Waals surface area contributed by atoms with Crippen LogP contribution in [0.4, 0.5) is 17.6 Å². The minimum atomic E-state index is -2.39. The van der Waals surface area contributed by atoms with Gasteiger partial charge in [0.25, 0.3) is 0 Å². The van der Waals surface area contributed by atoms with Crippen LogP contribution in [-0.2, 0) is 37.7 Å². The van der Waals surface area contributed by atoms with E-state index in [0.717, 1.165) is 46.1 Å². The van der Waals surface area contributed by atoms with Gasteiger partial charge in [-0.15, -0.1) is 34.0 Å². The maximum absolute atomic E-state index is 15.3. The van der Waals surface area contributed by atoms with E-state index in [0.29, 0.717) is 47.3 Å². The molecule has 0 radical (unpaired) electrons. The summed E-state index contributed by atoms with van der Waals surface area (Å²) >= 11 is 3.22. The molecule has 3 heterocycles. The van der Waals surface area contributed by atoms with Crippen LogP contribution in [0.2, 0.25) is 0 Å². The number of thiophene rings is 3. The van der Waals surface area contributed by atoms with E-state index in [1.807, 2.05) is 0 Å². The van der Waals surface area contributed by atoms with Crippen LogP contribution >= 0.6 is 34.0 Å². The van der Waals surface area contributed by atoms with Gasteiger partial charge in [0.1, 0.15) is 48.6 Å². The molecule has 4 aromatic carbocycles. The molecule has 0 spiro atoms. The van der Waals surface area contributed by atoms with Crippen molar-refractivity contribution >= 4 is 90.2 Å². The number of hydrogen-bond donors (Lipinski definition) is 0. The number of carbonyl (C=O) groups is 4. The number of halogens is 4. The van der Waals surface area contributed by atoms with Gasteiger partial charge in [0.15, 0.2) is 34.8 Å². The van der Waals surface area contributed by atoms with Crippen molar-refractivity contribution in [2.75, 3.05) is 0 Å². The zero-order valence-corrected chi connectivity index (χ0v) is 37.7. The minimum absolute atomic E-state index is 0.0895. The highest BCUT2D eigenvalue weighted by Gasteiger charge is 2.61. The van der Waals surface area contributed by atoms with E-state index < -0.39 is 63.3 Å². The molecule has 0 amide bonds. The first-order chi connectivity index (χ1) is 33.8. The lowest BCUT2D eigenvalue weighted by molar-refractivity contribution is -0.164. The van der Waals surface area contributed by atoms with Crippen LogP contribution in [0.25, 0.3) is 42.5 Å². The smallest absolute Gasteiger partial charge is 0.333 e. The number of allylic oxidation sites excluding steroid dienone is 6. The summed E-state index contributed by atoms with van der Waals surface area (Å²) in [6.45, 7) is -0.571. The summed E-state index contributed by atoms with van der Waals surface area (Å²) in [5, 5.41) is 39.7. The summed E-state index contributed by atoms with van der Waals surface area (Å²) in [5.41, 5.74) is -3.80. The Bertz CT molecular complexity index is 3770. The van der Waals surface area contributed by atoms with Gasteiger partial charge < -0.3 is 9.47 Å². The first-order valence-electron chi connectivity index (χ1n) is 20.6. The standard InChI is InChI=1S/C53H22F4N4O6S3/c54-38-15-31-33(17-40(38)56)46(62)35(43(31)27(19-58)20-59)11-29-13-37-48(68-29)50-45(53(37,51(64)66-23-25-7-3-1-4-8-25)52(65)67-24-26-9-5-2-6-10-26)49-42(70-50)14-30(69-49)12-36-44(28(21-60)22-61)32-16-39(55)41(57)18-34(32)47(36)63/h1-18H,23-24H2/b35-11-,36-12-. The van der Waals surface area contributed by atoms with Crippen LogP contribution in [0.3, 0.4) is 0 Å². The fourth-order valence-electron chi connectivity index (χ4n) is 8.77. The maximum Gasteiger partial charge on any atom is 0.333 e. The molecule has 10 rings (SSSR count). The molecule has 0 unspecified atom stereocenters. The summed E-state index contributed by atoms with van der Waals surface area (Å²) in [7, 11) is 0. The van der Waals surface area contributed by atoms with Crippen LogP contribution in [0, 0.1) is 68.6 Å². The monoisotopic (exact) mass is 982 g/mol. The maximum atomic E-state index is 15.3. The van der Waals surface area contributed by atoms with Crippen molar-refractivity contribution in [2.24, 2.45) is 0 Å². The fourth-order valence-corrected chi connectivity index (χ4v) is 12.8. The van der Waals surface area contributed by atoms with Crippen LogP contribution in [0.15, 0.2) is 119 Å². The van der Waals surface area contributed by atoms with E-state index in [1.54, 1.807) is 91.0 Å². The van der Waals surface area contributed by atoms with Gasteiger partial charge in [-0.2, -0.15) is 21.0 Å². The molecule has 0 saturated heterocycles. The first kappa shape index (κ1) is 45.0. The van der Waals surface area contributed by atoms with Crippen LogP contribution in [-0.4, -0.2) is 23.5 Å². The van der Waals surface area contributed by atoms with Gasteiger partial charge >= 0.3 is 11.9 Å². The van der Waals surface area contributed by atoms with E-state index in [-0.39, 0.29) is 73.8 Å². The number of benzene rings is 4. The Morgan fingerprint density at radius 1 is 0.557 bits per heavy atom. The van der Waals surface area contributed by atoms with Crippen LogP contribution in [0.1, 0.15) is 63.9 Å². The molecule has 17 heteroatoms. The number of ketones is 2. The van der Waals surface area contributed by atoms with Crippen LogP contribution < -0.4 is 0 Å². The third-order valence-electron chi connectivity index (χ3n) is 11.9. The van der Waals surface area contributed by atoms with Gasteiger partial charge in [0.05, 0.1) is 14.5 Å². The number of nitriles is 4. The molecule has 10 nitrogen and oxygen atoms in total. The molecule has 0 bridgehead atoms. The number of hydrogen-bond acceptors (Lipinski definition) is 13. The van der Waals surface area contributed by atoms with Gasteiger partial charge in [0.2, 0.25) is 5.41 Å². The highest BCUT2D eigenvalue weighted by Crippen LogP contribution is 2.61. The summed E-state index contributed by atoms with van der Waals surface area (Å²) in [6, 6.07) is 30.2. The molecule has 336 valence electrons. The third-order valence-corrected chi connectivity index (χ3v) is 15.5. The van der Waals surface area contributed by atoms with Crippen molar-refractivity contribution in [3.63, 3.8) is 0 Å². The van der Waals surface area contributed by atoms with E-state index >= 15 is 9.59 Å². The second kappa shape index (κ2) is 17.4. The lowest BCUT2D eigenvalue weighted by Crippen LogP contribution is -2.45. The molecule has 3 aliphatic carbocycles. The Morgan fingerprint density at radius 3 is 1.43 bits per heavy atom. The number of Topliss-reactive ketones (excluding diaryl/α,β-unsaturated/α-hetero) is 2. The zero-order valence-electron chi connectivity index (χ0n) is 35.3. The average Bonchev–Trinajstić information content (AvgIpc) is 4.19. The van der Waals surface area contributed by atoms with E-state index in [2.05, 4.69) is 0 Å². The Morgan fingerprint density at radius 2 is 0.986 bits per heavy atom. The van der Waals surface area contributed by atoms with Crippen molar-refractivity contribution in [1.82, 2.24) is 0 Å². The second-order valence-electron chi connectivity index (χ2n) is 15.8. The molecule has 0 N–H and O–H groups in total. The molecule has 0 aliphatic heterocycles. The van der Waals surface area contributed by atoms with Crippen LogP contribution in [0.5, 0.6) is 0 Å². The second-order valence-corrected chi connectivity index (χ2v) is 19.0. The molecule has 70 heavy (non-hydrogen) atoms. The summed E-state index contributed by atoms with van der Waals surface area (Å²) in [5.74, 6) is -8.94. The summed E-state index contributed by atoms with van der Waals surface area (Å²) in [6.07, 6.45) is 2.68. The normalized spacial score (nSPS) is 14.9. The number of rotatable bonds is 8. The number of nitrogens with zero attached hydrogens (tertiary/aromatic N) is 4. The Hall–Kier alpha value is -8.84. The van der Waals surface area contributed by atoms with Gasteiger partial charge in [-0.1, -0.05) is 60.7 Å². The van der Waals surface area contributed by atoms with Gasteiger partial charge in [-0.3, -0.25) is 19.2 Å². The SMILES string of the molecule is N#CC(C#N)=C1/C(=C/c2cc3c(s2)-c2sc4cc(/C=C5\C(=O)c6cc(F)c(F)cc6C5=C(C#N)C#N)sc4c2C3(C(=O)OCc2ccccc2)C(=O)OCc2ccccc2)C(=O)c2cc(F)c(F)cc21. The highest BCUT2D eigenvalue weighted by molar-refractivity contribution is 7.32. The Balaban J connectivity index is 1.19. The van der Waals surface area contributed by atoms with Gasteiger partial charge in [0, 0.05) is 59.0 Å². The topological polar surface area (TPSA) is 182 Å². The highest BCUT2D eigenvalue weighted by atomic mass is 32.1. The molecule has 7 aromatic rings. The average molecular weight is 983 g/mol. The predicted molar refractivity (Wildman–Crippen MR) is 250 cm³/mol. The molecule has 0 atom stereocenters. The van der Waals surface area contributed by atoms with Crippen molar-refractivity contribution < 1.29 is 46.2 Å². The summed E-state index contributed by atoms with van der Waals surface area (Å²) in [4.78, 5) is 59.7. The fraction of sp³-hybridized carbons (Fsp3) is 0.0566. The van der Waals surface area contributed by atoms with Crippen molar-refractivity contribution in [2.45, 2.75) is 18.6 Å². The Kier molecular flexibility index (Phi) is 11.1. The number of ether oxygens (including phenoxy) is 2. The van der Waals surface area contributed by atoms with E-state index in [4.69, 9.17) is 9.47 Å². The molecule has 3 aliphatic rings. The molecular weight excluding hydrogens is 961 g/mol. The third kappa shape index (κ3) is 6.99. The van der Waals surface area contributed by atoms with Gasteiger partial charge in [-0.25, -0.2) is 17.6 Å². The van der Waals surface area contributed by atoms with Crippen molar-refractivity contribution in [3.8, 4) is 34.0 Å². The molecule has 3 aromatic heterocycles. The minimum Gasteiger partial charge on any atom is -0.459 e. The summed E-state index contributed by atoms with van der Waals surface area (Å²) < 4.78 is 71.2. The van der Waals surface area contributed by atoms with E-state index in [1.165, 1.54) is 18.2 Å². The predicted octanol–water partition coefficient (Wildman–Crippen LogP) is 11.5. The molecular formula is C53H22F4N4O6S3. The number of fused-ring (bicyclic) bond motifs is 7. The first-order valence-corrected chi connectivity index (χ1v) is 23.0. The van der Waals surface area contributed by atoms with Crippen molar-refractivity contribution in [1.29, 1.82) is 21.0 Å².